The van der Waals surface area contributed by atoms with Gasteiger partial charge in [-0.15, -0.1) is 12.4 Å². The average molecular weight is 338 g/mol. The van der Waals surface area contributed by atoms with Gasteiger partial charge in [0.05, 0.1) is 6.20 Å². The Morgan fingerprint density at radius 3 is 2.78 bits per heavy atom. The number of nitrogens with one attached hydrogen (secondary N) is 3. The molecule has 8 heteroatoms. The fraction of sp³-hybridized carbons (Fsp3) is 0.267. The smallest absolute Gasteiger partial charge is 0.319 e. The van der Waals surface area contributed by atoms with Gasteiger partial charge in [0.15, 0.2) is 11.7 Å². The molecule has 5 N–H and O–H groups in total. The summed E-state index contributed by atoms with van der Waals surface area (Å²) in [7, 11) is 0. The number of nitrogens with two attached hydrogens (primary N) is 1. The van der Waals surface area contributed by atoms with E-state index >= 15 is 0 Å². The van der Waals surface area contributed by atoms with Gasteiger partial charge in [0.2, 0.25) is 0 Å². The maximum Gasteiger partial charge on any atom is 0.319 e. The highest BCUT2D eigenvalue weighted by molar-refractivity contribution is 5.96. The van der Waals surface area contributed by atoms with E-state index in [4.69, 9.17) is 5.73 Å². The Hall–Kier alpha value is -2.54. The van der Waals surface area contributed by atoms with Crippen molar-refractivity contribution in [3.63, 3.8) is 0 Å². The number of benzene rings is 1. The molecule has 0 unspecified atom stereocenters. The molecule has 1 aromatic heterocycles. The van der Waals surface area contributed by atoms with Crippen molar-refractivity contribution in [2.75, 3.05) is 17.6 Å². The van der Waals surface area contributed by atoms with Crippen molar-refractivity contribution < 1.29 is 9.59 Å². The number of Topliss-reactive ketones (excluding diaryl/α,β-unsaturated/α-hetero) is 1. The number of aryl methyl sites for hydroxylation is 1. The zero-order chi connectivity index (χ0) is 15.9. The highest BCUT2D eigenvalue weighted by Gasteiger charge is 2.04. The lowest BCUT2D eigenvalue weighted by Gasteiger charge is -2.08. The predicted molar refractivity (Wildman–Crippen MR) is 92.0 cm³/mol. The van der Waals surface area contributed by atoms with Crippen LogP contribution in [0.15, 0.2) is 30.5 Å². The molecule has 2 amide bonds. The number of anilines is 2. The molecule has 0 spiro atoms. The van der Waals surface area contributed by atoms with Crippen LogP contribution in [0.2, 0.25) is 0 Å². The predicted octanol–water partition coefficient (Wildman–Crippen LogP) is 2.37. The zero-order valence-corrected chi connectivity index (χ0v) is 13.6. The van der Waals surface area contributed by atoms with E-state index in [0.717, 1.165) is 18.5 Å². The normalized spacial score (nSPS) is 9.78. The minimum atomic E-state index is -0.301. The number of imidazole rings is 1. The first-order valence-electron chi connectivity index (χ1n) is 7.00. The second kappa shape index (κ2) is 8.79. The molecule has 0 atom stereocenters. The van der Waals surface area contributed by atoms with E-state index in [1.165, 1.54) is 6.92 Å². The van der Waals surface area contributed by atoms with Gasteiger partial charge in [0, 0.05) is 23.5 Å². The Balaban J connectivity index is 0.00000264. The largest absolute Gasteiger partial charge is 0.369 e. The van der Waals surface area contributed by atoms with Crippen molar-refractivity contribution in [2.24, 2.45) is 0 Å². The van der Waals surface area contributed by atoms with Gasteiger partial charge in [-0.25, -0.2) is 9.78 Å². The Kier molecular flexibility index (Phi) is 7.08. The highest BCUT2D eigenvalue weighted by atomic mass is 35.5. The molecular weight excluding hydrogens is 318 g/mol. The van der Waals surface area contributed by atoms with Gasteiger partial charge in [-0.05, 0) is 31.9 Å². The van der Waals surface area contributed by atoms with E-state index in [2.05, 4.69) is 20.6 Å². The number of aromatic nitrogens is 2. The number of carbonyl (C=O) groups is 2. The van der Waals surface area contributed by atoms with Crippen molar-refractivity contribution in [3.8, 4) is 0 Å². The molecular formula is C15H20ClN5O2. The van der Waals surface area contributed by atoms with E-state index in [-0.39, 0.29) is 24.2 Å². The lowest BCUT2D eigenvalue weighted by atomic mass is 10.1. The number of halogens is 1. The third-order valence-corrected chi connectivity index (χ3v) is 3.08. The second-order valence-electron chi connectivity index (χ2n) is 4.92. The summed E-state index contributed by atoms with van der Waals surface area (Å²) >= 11 is 0. The Labute approximate surface area is 140 Å². The molecule has 2 aromatic rings. The summed E-state index contributed by atoms with van der Waals surface area (Å²) in [6.45, 7) is 2.01. The molecule has 2 rings (SSSR count). The monoisotopic (exact) mass is 337 g/mol. The molecule has 1 heterocycles. The summed E-state index contributed by atoms with van der Waals surface area (Å²) in [4.78, 5) is 29.9. The second-order valence-corrected chi connectivity index (χ2v) is 4.92. The fourth-order valence-electron chi connectivity index (χ4n) is 1.98. The molecule has 0 aliphatic heterocycles. The van der Waals surface area contributed by atoms with Gasteiger partial charge in [-0.1, -0.05) is 12.1 Å². The van der Waals surface area contributed by atoms with Gasteiger partial charge >= 0.3 is 6.03 Å². The van der Waals surface area contributed by atoms with Crippen LogP contribution in [-0.2, 0) is 6.42 Å². The van der Waals surface area contributed by atoms with E-state index in [1.54, 1.807) is 30.5 Å². The number of nitrogen functional groups attached to an aromatic ring is 1. The van der Waals surface area contributed by atoms with Crippen molar-refractivity contribution in [1.82, 2.24) is 15.3 Å². The number of hydrogen-bond donors (Lipinski definition) is 4. The van der Waals surface area contributed by atoms with Gasteiger partial charge in [0.25, 0.3) is 0 Å². The van der Waals surface area contributed by atoms with Gasteiger partial charge in [0.1, 0.15) is 0 Å². The van der Waals surface area contributed by atoms with Crippen LogP contribution in [0.25, 0.3) is 0 Å². The number of aromatic amines is 1. The molecule has 0 aliphatic carbocycles. The molecule has 0 bridgehead atoms. The molecule has 0 fully saturated rings. The molecule has 0 saturated carbocycles. The number of urea groups is 1. The van der Waals surface area contributed by atoms with Crippen LogP contribution in [0.1, 0.15) is 29.4 Å². The zero-order valence-electron chi connectivity index (χ0n) is 12.8. The van der Waals surface area contributed by atoms with Gasteiger partial charge in [-0.3, -0.25) is 4.79 Å². The van der Waals surface area contributed by atoms with Crippen molar-refractivity contribution in [3.05, 3.63) is 41.7 Å². The number of rotatable bonds is 6. The van der Waals surface area contributed by atoms with E-state index in [0.29, 0.717) is 23.7 Å². The topological polar surface area (TPSA) is 113 Å². The van der Waals surface area contributed by atoms with E-state index in [1.807, 2.05) is 0 Å². The number of ketones is 1. The maximum atomic E-state index is 11.8. The van der Waals surface area contributed by atoms with Crippen LogP contribution in [0.4, 0.5) is 16.4 Å². The third kappa shape index (κ3) is 5.99. The quantitative estimate of drug-likeness (QED) is 0.478. The van der Waals surface area contributed by atoms with Gasteiger partial charge < -0.3 is 21.4 Å². The number of H-pyrrole nitrogens is 1. The molecule has 0 aliphatic rings. The first-order valence-corrected chi connectivity index (χ1v) is 7.00. The molecule has 23 heavy (non-hydrogen) atoms. The SMILES string of the molecule is CC(=O)c1cccc(NC(=O)NCCCc2cnc(N)[nH]2)c1.Cl. The maximum absolute atomic E-state index is 11.8. The third-order valence-electron chi connectivity index (χ3n) is 3.08. The first-order chi connectivity index (χ1) is 10.5. The van der Waals surface area contributed by atoms with Crippen molar-refractivity contribution in [1.29, 1.82) is 0 Å². The molecule has 0 saturated heterocycles. The number of amides is 2. The minimum Gasteiger partial charge on any atom is -0.369 e. The lowest BCUT2D eigenvalue weighted by molar-refractivity contribution is 0.101. The summed E-state index contributed by atoms with van der Waals surface area (Å²) in [5.74, 6) is 0.356. The highest BCUT2D eigenvalue weighted by Crippen LogP contribution is 2.10. The van der Waals surface area contributed by atoms with Crippen LogP contribution in [0, 0.1) is 0 Å². The van der Waals surface area contributed by atoms with Crippen LogP contribution < -0.4 is 16.4 Å². The molecule has 124 valence electrons. The van der Waals surface area contributed by atoms with Crippen LogP contribution >= 0.6 is 12.4 Å². The number of nitrogens with zero attached hydrogens (tertiary/aromatic N) is 1. The Morgan fingerprint density at radius 1 is 1.35 bits per heavy atom. The number of carbonyl (C=O) groups excluding carboxylic acids is 2. The minimum absolute atomic E-state index is 0. The summed E-state index contributed by atoms with van der Waals surface area (Å²) in [6.07, 6.45) is 3.20. The van der Waals surface area contributed by atoms with Crippen LogP contribution in [-0.4, -0.2) is 28.3 Å². The van der Waals surface area contributed by atoms with Crippen molar-refractivity contribution in [2.45, 2.75) is 19.8 Å². The lowest BCUT2D eigenvalue weighted by Crippen LogP contribution is -2.29. The van der Waals surface area contributed by atoms with Gasteiger partial charge in [-0.2, -0.15) is 0 Å². The summed E-state index contributed by atoms with van der Waals surface area (Å²) in [5, 5.41) is 5.45. The van der Waals surface area contributed by atoms with E-state index in [9.17, 15) is 9.59 Å². The fourth-order valence-corrected chi connectivity index (χ4v) is 1.98. The molecule has 7 nitrogen and oxygen atoms in total. The Morgan fingerprint density at radius 2 is 2.13 bits per heavy atom. The van der Waals surface area contributed by atoms with Crippen LogP contribution in [0.3, 0.4) is 0 Å². The summed E-state index contributed by atoms with van der Waals surface area (Å²) < 4.78 is 0. The Bertz CT molecular complexity index is 671. The summed E-state index contributed by atoms with van der Waals surface area (Å²) in [6, 6.07) is 6.52. The molecule has 1 aromatic carbocycles. The average Bonchev–Trinajstić information content (AvgIpc) is 2.89. The number of hydrogen-bond acceptors (Lipinski definition) is 4. The standard InChI is InChI=1S/C15H19N5O2.ClH/c1-10(21)11-4-2-5-12(8-11)20-15(22)17-7-3-6-13-9-18-14(16)19-13;/h2,4-5,8-9H,3,6-7H2,1H3,(H3,16,18,19)(H2,17,20,22);1H. The first kappa shape index (κ1) is 18.5. The molecule has 0 radical (unpaired) electrons. The summed E-state index contributed by atoms with van der Waals surface area (Å²) in [5.41, 5.74) is 7.57. The van der Waals surface area contributed by atoms with Crippen molar-refractivity contribution >= 4 is 35.9 Å². The van der Waals surface area contributed by atoms with E-state index < -0.39 is 0 Å². The van der Waals surface area contributed by atoms with Crippen LogP contribution in [0.5, 0.6) is 0 Å².